The van der Waals surface area contributed by atoms with Crippen LogP contribution in [0.3, 0.4) is 0 Å². The molecule has 7 heteroatoms. The zero-order valence-electron chi connectivity index (χ0n) is 12.5. The molecule has 1 aromatic rings. The summed E-state index contributed by atoms with van der Waals surface area (Å²) >= 11 is 0. The lowest BCUT2D eigenvalue weighted by molar-refractivity contribution is -0.122. The maximum Gasteiger partial charge on any atom is 0.243 e. The number of carbonyl (C=O) groups is 2. The summed E-state index contributed by atoms with van der Waals surface area (Å²) in [5.41, 5.74) is 5.95. The van der Waals surface area contributed by atoms with E-state index in [2.05, 4.69) is 15.4 Å². The zero-order valence-corrected chi connectivity index (χ0v) is 12.5. The van der Waals surface area contributed by atoms with Crippen molar-refractivity contribution in [2.75, 3.05) is 18.4 Å². The van der Waals surface area contributed by atoms with Crippen LogP contribution in [0, 0.1) is 12.8 Å². The number of aromatic nitrogens is 1. The summed E-state index contributed by atoms with van der Waals surface area (Å²) in [4.78, 5) is 25.2. The first-order chi connectivity index (χ1) is 9.95. The second-order valence-electron chi connectivity index (χ2n) is 5.65. The maximum atomic E-state index is 12.2. The fourth-order valence-corrected chi connectivity index (χ4v) is 2.64. The van der Waals surface area contributed by atoms with Gasteiger partial charge in [0.05, 0.1) is 11.7 Å². The molecule has 21 heavy (non-hydrogen) atoms. The smallest absolute Gasteiger partial charge is 0.243 e. The lowest BCUT2D eigenvalue weighted by atomic mass is 9.92. The third kappa shape index (κ3) is 4.29. The fourth-order valence-electron chi connectivity index (χ4n) is 2.64. The van der Waals surface area contributed by atoms with E-state index in [9.17, 15) is 9.59 Å². The van der Waals surface area contributed by atoms with Crippen molar-refractivity contribution in [2.45, 2.75) is 39.2 Å². The molecule has 1 saturated heterocycles. The van der Waals surface area contributed by atoms with Gasteiger partial charge in [-0.3, -0.25) is 19.8 Å². The highest BCUT2D eigenvalue weighted by Gasteiger charge is 2.27. The van der Waals surface area contributed by atoms with E-state index >= 15 is 0 Å². The molecule has 0 unspecified atom stereocenters. The summed E-state index contributed by atoms with van der Waals surface area (Å²) in [6, 6.07) is 1.44. The van der Waals surface area contributed by atoms with Gasteiger partial charge in [-0.1, -0.05) is 5.16 Å². The third-order valence-electron chi connectivity index (χ3n) is 3.94. The van der Waals surface area contributed by atoms with Gasteiger partial charge in [0.1, 0.15) is 0 Å². The van der Waals surface area contributed by atoms with Crippen molar-refractivity contribution >= 4 is 17.7 Å². The molecule has 0 radical (unpaired) electrons. The number of carbonyl (C=O) groups excluding carboxylic acids is 2. The summed E-state index contributed by atoms with van der Waals surface area (Å²) in [5.74, 6) is 0.346. The van der Waals surface area contributed by atoms with Crippen LogP contribution in [0.25, 0.3) is 0 Å². The molecule has 3 N–H and O–H groups in total. The number of piperidine rings is 1. The molecule has 1 aliphatic rings. The lowest BCUT2D eigenvalue weighted by Gasteiger charge is -2.34. The second kappa shape index (κ2) is 6.71. The molecule has 0 saturated carbocycles. The quantitative estimate of drug-likeness (QED) is 0.840. The first kappa shape index (κ1) is 15.5. The molecular formula is C14H22N4O3. The lowest BCUT2D eigenvalue weighted by Crippen LogP contribution is -2.46. The van der Waals surface area contributed by atoms with Gasteiger partial charge in [0.15, 0.2) is 0 Å². The summed E-state index contributed by atoms with van der Waals surface area (Å²) in [6.45, 7) is 5.25. The van der Waals surface area contributed by atoms with Crippen LogP contribution in [0.15, 0.2) is 10.6 Å². The highest BCUT2D eigenvalue weighted by Crippen LogP contribution is 2.22. The Labute approximate surface area is 123 Å². The van der Waals surface area contributed by atoms with E-state index in [-0.39, 0.29) is 17.9 Å². The van der Waals surface area contributed by atoms with Gasteiger partial charge < -0.3 is 10.3 Å². The molecule has 2 heterocycles. The van der Waals surface area contributed by atoms with E-state index in [1.54, 1.807) is 13.0 Å². The minimum atomic E-state index is -0.250. The molecule has 0 aliphatic carbocycles. The number of aryl methyl sites for hydroxylation is 1. The summed E-state index contributed by atoms with van der Waals surface area (Å²) in [6.07, 6.45) is 2.22. The normalized spacial score (nSPS) is 18.4. The van der Waals surface area contributed by atoms with Crippen molar-refractivity contribution in [3.8, 4) is 0 Å². The average Bonchev–Trinajstić information content (AvgIpc) is 2.83. The number of nitrogens with one attached hydrogen (secondary N) is 1. The van der Waals surface area contributed by atoms with Gasteiger partial charge >= 0.3 is 0 Å². The van der Waals surface area contributed by atoms with Crippen molar-refractivity contribution in [3.63, 3.8) is 0 Å². The van der Waals surface area contributed by atoms with Gasteiger partial charge in [0.2, 0.25) is 17.7 Å². The molecule has 2 rings (SSSR count). The standard InChI is InChI=1S/C14H22N4O3/c1-9-7-13(21-17-9)16-14(20)10(2)18-5-3-11(4-6-18)8-12(15)19/h7,10-11H,3-6,8H2,1-2H3,(H2,15,19)(H,16,20)/t10-/m0/s1. The highest BCUT2D eigenvalue weighted by molar-refractivity contribution is 5.93. The van der Waals surface area contributed by atoms with Crippen molar-refractivity contribution in [1.29, 1.82) is 0 Å². The number of primary amides is 1. The molecule has 1 atom stereocenters. The number of nitrogens with two attached hydrogens (primary N) is 1. The van der Waals surface area contributed by atoms with E-state index in [4.69, 9.17) is 10.3 Å². The number of anilines is 1. The van der Waals surface area contributed by atoms with Crippen LogP contribution in [0.4, 0.5) is 5.88 Å². The molecule has 1 fully saturated rings. The van der Waals surface area contributed by atoms with Crippen molar-refractivity contribution in [3.05, 3.63) is 11.8 Å². The van der Waals surface area contributed by atoms with E-state index < -0.39 is 0 Å². The first-order valence-electron chi connectivity index (χ1n) is 7.22. The van der Waals surface area contributed by atoms with Crippen LogP contribution in [0.2, 0.25) is 0 Å². The SMILES string of the molecule is Cc1cc(NC(=O)[C@H](C)N2CCC(CC(N)=O)CC2)on1. The Balaban J connectivity index is 1.82. The van der Waals surface area contributed by atoms with E-state index in [0.29, 0.717) is 18.2 Å². The second-order valence-corrected chi connectivity index (χ2v) is 5.65. The van der Waals surface area contributed by atoms with E-state index in [1.165, 1.54) is 0 Å². The Hall–Kier alpha value is -1.89. The highest BCUT2D eigenvalue weighted by atomic mass is 16.5. The van der Waals surface area contributed by atoms with Crippen LogP contribution in [-0.4, -0.2) is 41.0 Å². The molecule has 0 bridgehead atoms. The fraction of sp³-hybridized carbons (Fsp3) is 0.643. The Kier molecular flexibility index (Phi) is 4.95. The Morgan fingerprint density at radius 2 is 2.19 bits per heavy atom. The average molecular weight is 294 g/mol. The van der Waals surface area contributed by atoms with Crippen LogP contribution < -0.4 is 11.1 Å². The topological polar surface area (TPSA) is 101 Å². The Bertz CT molecular complexity index is 506. The van der Waals surface area contributed by atoms with Crippen LogP contribution in [-0.2, 0) is 9.59 Å². The van der Waals surface area contributed by atoms with Gasteiger partial charge in [0.25, 0.3) is 0 Å². The monoisotopic (exact) mass is 294 g/mol. The molecule has 0 aromatic carbocycles. The van der Waals surface area contributed by atoms with Crippen molar-refractivity contribution < 1.29 is 14.1 Å². The molecule has 1 aliphatic heterocycles. The Morgan fingerprint density at radius 3 is 2.71 bits per heavy atom. The molecule has 116 valence electrons. The minimum absolute atomic E-state index is 0.112. The summed E-state index contributed by atoms with van der Waals surface area (Å²) < 4.78 is 4.98. The Morgan fingerprint density at radius 1 is 1.52 bits per heavy atom. The molecular weight excluding hydrogens is 272 g/mol. The van der Waals surface area contributed by atoms with Crippen molar-refractivity contribution in [1.82, 2.24) is 10.1 Å². The van der Waals surface area contributed by atoms with E-state index in [1.807, 2.05) is 6.92 Å². The van der Waals surface area contributed by atoms with Crippen LogP contribution in [0.1, 0.15) is 31.9 Å². The largest absolute Gasteiger partial charge is 0.370 e. The molecule has 2 amide bonds. The predicted molar refractivity (Wildman–Crippen MR) is 77.4 cm³/mol. The number of amides is 2. The molecule has 1 aromatic heterocycles. The third-order valence-corrected chi connectivity index (χ3v) is 3.94. The number of nitrogens with zero attached hydrogens (tertiary/aromatic N) is 2. The first-order valence-corrected chi connectivity index (χ1v) is 7.22. The van der Waals surface area contributed by atoms with Gasteiger partial charge in [-0.25, -0.2) is 0 Å². The van der Waals surface area contributed by atoms with Gasteiger partial charge in [0, 0.05) is 12.5 Å². The minimum Gasteiger partial charge on any atom is -0.370 e. The molecule has 7 nitrogen and oxygen atoms in total. The number of likely N-dealkylation sites (tertiary alicyclic amines) is 1. The van der Waals surface area contributed by atoms with Crippen molar-refractivity contribution in [2.24, 2.45) is 11.7 Å². The van der Waals surface area contributed by atoms with Gasteiger partial charge in [-0.2, -0.15) is 0 Å². The zero-order chi connectivity index (χ0) is 15.4. The predicted octanol–water partition coefficient (Wildman–Crippen LogP) is 0.897. The summed E-state index contributed by atoms with van der Waals surface area (Å²) in [5, 5.41) is 6.45. The van der Waals surface area contributed by atoms with Crippen LogP contribution >= 0.6 is 0 Å². The molecule has 0 spiro atoms. The van der Waals surface area contributed by atoms with Gasteiger partial charge in [-0.05, 0) is 45.7 Å². The van der Waals surface area contributed by atoms with E-state index in [0.717, 1.165) is 31.6 Å². The summed E-state index contributed by atoms with van der Waals surface area (Å²) in [7, 11) is 0. The van der Waals surface area contributed by atoms with Gasteiger partial charge in [-0.15, -0.1) is 0 Å². The van der Waals surface area contributed by atoms with Crippen LogP contribution in [0.5, 0.6) is 0 Å². The number of rotatable bonds is 5. The maximum absolute atomic E-state index is 12.2. The number of hydrogen-bond donors (Lipinski definition) is 2. The number of hydrogen-bond acceptors (Lipinski definition) is 5.